The predicted octanol–water partition coefficient (Wildman–Crippen LogP) is 2.67. The molecule has 2 unspecified atom stereocenters. The Bertz CT molecular complexity index is 268. The molecule has 6 heteroatoms. The Morgan fingerprint density at radius 3 is 2.40 bits per heavy atom. The number of amides is 1. The molecule has 1 amide bonds. The Morgan fingerprint density at radius 1 is 1.60 bits per heavy atom. The molecule has 0 aromatic heterocycles. The molecule has 15 heavy (non-hydrogen) atoms. The fourth-order valence-corrected chi connectivity index (χ4v) is 2.45. The van der Waals surface area contributed by atoms with E-state index in [0.717, 1.165) is 0 Å². The minimum Gasteiger partial charge on any atom is -0.369 e. The Hall–Kier alpha value is -0.870. The van der Waals surface area contributed by atoms with Crippen molar-refractivity contribution in [1.82, 2.24) is 0 Å². The Labute approximate surface area is 94.4 Å². The van der Waals surface area contributed by atoms with Crippen LogP contribution >= 0.6 is 11.8 Å². The van der Waals surface area contributed by atoms with Crippen molar-refractivity contribution >= 4 is 17.7 Å². The number of rotatable bonds is 5. The molecule has 0 aliphatic carbocycles. The number of azide groups is 1. The zero-order valence-corrected chi connectivity index (χ0v) is 10.4. The maximum Gasteiger partial charge on any atom is 0.221 e. The van der Waals surface area contributed by atoms with Gasteiger partial charge in [0.15, 0.2) is 0 Å². The van der Waals surface area contributed by atoms with Gasteiger partial charge < -0.3 is 5.73 Å². The van der Waals surface area contributed by atoms with E-state index in [-0.39, 0.29) is 4.75 Å². The van der Waals surface area contributed by atoms with Crippen molar-refractivity contribution in [2.45, 2.75) is 44.2 Å². The highest BCUT2D eigenvalue weighted by Crippen LogP contribution is 2.34. The zero-order valence-electron chi connectivity index (χ0n) is 9.60. The highest BCUT2D eigenvalue weighted by atomic mass is 32.2. The van der Waals surface area contributed by atoms with Gasteiger partial charge in [-0.3, -0.25) is 4.79 Å². The maximum absolute atomic E-state index is 11.2. The first kappa shape index (κ1) is 14.1. The largest absolute Gasteiger partial charge is 0.369 e. The summed E-state index contributed by atoms with van der Waals surface area (Å²) in [5, 5.41) is 3.23. The van der Waals surface area contributed by atoms with Crippen LogP contribution in [0.2, 0.25) is 0 Å². The Kier molecular flexibility index (Phi) is 5.54. The van der Waals surface area contributed by atoms with Crippen LogP contribution in [-0.2, 0) is 4.79 Å². The van der Waals surface area contributed by atoms with Gasteiger partial charge in [0.2, 0.25) is 5.91 Å². The van der Waals surface area contributed by atoms with Crippen LogP contribution < -0.4 is 5.73 Å². The fraction of sp³-hybridized carbons (Fsp3) is 0.889. The van der Waals surface area contributed by atoms with E-state index in [0.29, 0.717) is 6.42 Å². The molecule has 0 fully saturated rings. The molecule has 2 atom stereocenters. The minimum atomic E-state index is -0.419. The van der Waals surface area contributed by atoms with Crippen molar-refractivity contribution in [2.24, 2.45) is 16.8 Å². The van der Waals surface area contributed by atoms with Gasteiger partial charge >= 0.3 is 0 Å². The third kappa shape index (κ3) is 5.54. The number of carbonyl (C=O) groups is 1. The molecule has 0 aliphatic rings. The topological polar surface area (TPSA) is 91.9 Å². The molecular weight excluding hydrogens is 212 g/mol. The summed E-state index contributed by atoms with van der Waals surface area (Å²) in [5.41, 5.74) is 13.7. The van der Waals surface area contributed by atoms with E-state index in [2.05, 4.69) is 10.0 Å². The van der Waals surface area contributed by atoms with E-state index >= 15 is 0 Å². The van der Waals surface area contributed by atoms with E-state index in [4.69, 9.17) is 11.3 Å². The first-order valence-corrected chi connectivity index (χ1v) is 5.71. The summed E-state index contributed by atoms with van der Waals surface area (Å²) >= 11 is 1.47. The average Bonchev–Trinajstić information content (AvgIpc) is 2.01. The van der Waals surface area contributed by atoms with Crippen LogP contribution in [0, 0.1) is 5.92 Å². The summed E-state index contributed by atoms with van der Waals surface area (Å²) in [6.07, 6.45) is 0.585. The number of nitrogens with two attached hydrogens (primary N) is 1. The number of hydrogen-bond acceptors (Lipinski definition) is 3. The van der Waals surface area contributed by atoms with Crippen molar-refractivity contribution in [3.63, 3.8) is 0 Å². The Morgan fingerprint density at radius 2 is 2.13 bits per heavy atom. The van der Waals surface area contributed by atoms with Gasteiger partial charge in [0.1, 0.15) is 0 Å². The molecule has 0 rings (SSSR count). The van der Waals surface area contributed by atoms with Gasteiger partial charge in [0.25, 0.3) is 0 Å². The molecular formula is C9H18N4OS. The standard InChI is InChI=1S/C9H18N4OS/c1-5-6(7(10)14)8(12-13-11)15-9(2,3)4/h6,8H,5H2,1-4H3,(H2,10,14). The first-order valence-electron chi connectivity index (χ1n) is 4.83. The third-order valence-corrected chi connectivity index (χ3v) is 3.16. The van der Waals surface area contributed by atoms with Crippen molar-refractivity contribution < 1.29 is 4.79 Å². The molecule has 86 valence electrons. The van der Waals surface area contributed by atoms with Gasteiger partial charge in [-0.1, -0.05) is 32.8 Å². The molecule has 0 radical (unpaired) electrons. The molecule has 0 bridgehead atoms. The van der Waals surface area contributed by atoms with Crippen molar-refractivity contribution in [3.8, 4) is 0 Å². The van der Waals surface area contributed by atoms with Crippen LogP contribution in [0.4, 0.5) is 0 Å². The molecule has 0 spiro atoms. The van der Waals surface area contributed by atoms with Gasteiger partial charge in [-0.15, -0.1) is 11.8 Å². The SMILES string of the molecule is CCC(C(N)=O)C(N=[N+]=[N-])SC(C)(C)C. The smallest absolute Gasteiger partial charge is 0.221 e. The van der Waals surface area contributed by atoms with E-state index in [1.807, 2.05) is 27.7 Å². The van der Waals surface area contributed by atoms with E-state index in [1.54, 1.807) is 0 Å². The van der Waals surface area contributed by atoms with E-state index in [1.165, 1.54) is 11.8 Å². The molecule has 5 nitrogen and oxygen atoms in total. The summed E-state index contributed by atoms with van der Waals surface area (Å²) in [6, 6.07) is 0. The summed E-state index contributed by atoms with van der Waals surface area (Å²) in [4.78, 5) is 13.9. The first-order chi connectivity index (χ1) is 6.81. The maximum atomic E-state index is 11.2. The van der Waals surface area contributed by atoms with Gasteiger partial charge in [0, 0.05) is 9.66 Å². The monoisotopic (exact) mass is 230 g/mol. The second-order valence-electron chi connectivity index (χ2n) is 4.24. The highest BCUT2D eigenvalue weighted by molar-refractivity contribution is 8.01. The summed E-state index contributed by atoms with van der Waals surface area (Å²) in [6.45, 7) is 7.88. The van der Waals surface area contributed by atoms with Gasteiger partial charge in [-0.05, 0) is 12.0 Å². The highest BCUT2D eigenvalue weighted by Gasteiger charge is 2.28. The number of hydrogen-bond donors (Lipinski definition) is 1. The van der Waals surface area contributed by atoms with E-state index < -0.39 is 17.2 Å². The second-order valence-corrected chi connectivity index (χ2v) is 6.19. The average molecular weight is 230 g/mol. The molecule has 0 aromatic rings. The van der Waals surface area contributed by atoms with Crippen molar-refractivity contribution in [1.29, 1.82) is 0 Å². The minimum absolute atomic E-state index is 0.0677. The van der Waals surface area contributed by atoms with E-state index in [9.17, 15) is 4.79 Å². The molecule has 0 heterocycles. The molecule has 0 aromatic carbocycles. The van der Waals surface area contributed by atoms with Crippen LogP contribution in [0.1, 0.15) is 34.1 Å². The third-order valence-electron chi connectivity index (χ3n) is 1.79. The van der Waals surface area contributed by atoms with Gasteiger partial charge in [0.05, 0.1) is 11.3 Å². The van der Waals surface area contributed by atoms with Crippen molar-refractivity contribution in [2.75, 3.05) is 0 Å². The summed E-state index contributed by atoms with van der Waals surface area (Å²) < 4.78 is -0.0677. The fourth-order valence-electron chi connectivity index (χ4n) is 1.14. The summed E-state index contributed by atoms with van der Waals surface area (Å²) in [5.74, 6) is -0.809. The normalized spacial score (nSPS) is 15.2. The molecule has 0 saturated heterocycles. The van der Waals surface area contributed by atoms with Crippen LogP contribution in [0.25, 0.3) is 10.4 Å². The number of primary amides is 1. The molecule has 2 N–H and O–H groups in total. The van der Waals surface area contributed by atoms with Crippen molar-refractivity contribution in [3.05, 3.63) is 10.4 Å². The number of carbonyl (C=O) groups excluding carboxylic acids is 1. The van der Waals surface area contributed by atoms with Gasteiger partial charge in [-0.2, -0.15) is 0 Å². The molecule has 0 aliphatic heterocycles. The van der Waals surface area contributed by atoms with Crippen LogP contribution in [-0.4, -0.2) is 16.0 Å². The quantitative estimate of drug-likeness (QED) is 0.446. The zero-order chi connectivity index (χ0) is 12.1. The lowest BCUT2D eigenvalue weighted by atomic mass is 10.1. The number of nitrogens with zero attached hydrogens (tertiary/aromatic N) is 3. The predicted molar refractivity (Wildman–Crippen MR) is 63.3 cm³/mol. The van der Waals surface area contributed by atoms with Gasteiger partial charge in [-0.25, -0.2) is 0 Å². The Balaban J connectivity index is 4.78. The van der Waals surface area contributed by atoms with Crippen LogP contribution in [0.3, 0.4) is 0 Å². The lowest BCUT2D eigenvalue weighted by Crippen LogP contribution is -2.32. The lowest BCUT2D eigenvalue weighted by Gasteiger charge is -2.26. The van der Waals surface area contributed by atoms with Crippen LogP contribution in [0.5, 0.6) is 0 Å². The lowest BCUT2D eigenvalue weighted by molar-refractivity contribution is -0.121. The second kappa shape index (κ2) is 5.88. The molecule has 0 saturated carbocycles. The van der Waals surface area contributed by atoms with Crippen LogP contribution in [0.15, 0.2) is 5.11 Å². The summed E-state index contributed by atoms with van der Waals surface area (Å²) in [7, 11) is 0. The number of thioether (sulfide) groups is 1.